The molecule has 1 saturated heterocycles. The van der Waals surface area contributed by atoms with Gasteiger partial charge in [-0.25, -0.2) is 4.98 Å². The van der Waals surface area contributed by atoms with Crippen LogP contribution in [0.2, 0.25) is 0 Å². The second-order valence-corrected chi connectivity index (χ2v) is 7.79. The van der Waals surface area contributed by atoms with Gasteiger partial charge in [-0.2, -0.15) is 4.98 Å². The zero-order valence-electron chi connectivity index (χ0n) is 18.3. The highest BCUT2D eigenvalue weighted by atomic mass is 16.5. The molecule has 3 heterocycles. The highest BCUT2D eigenvalue weighted by molar-refractivity contribution is 6.06. The lowest BCUT2D eigenvalue weighted by atomic mass is 10.2. The van der Waals surface area contributed by atoms with Crippen LogP contribution in [0.4, 0.5) is 17.3 Å². The van der Waals surface area contributed by atoms with E-state index >= 15 is 0 Å². The van der Waals surface area contributed by atoms with Gasteiger partial charge in [0.05, 0.1) is 24.4 Å². The van der Waals surface area contributed by atoms with Gasteiger partial charge in [0.25, 0.3) is 5.91 Å². The van der Waals surface area contributed by atoms with E-state index < -0.39 is 5.91 Å². The van der Waals surface area contributed by atoms with Crippen LogP contribution in [-0.2, 0) is 0 Å². The number of hydrogen-bond donors (Lipinski definition) is 3. The topological polar surface area (TPSA) is 110 Å². The average Bonchev–Trinajstić information content (AvgIpc) is 3.25. The van der Waals surface area contributed by atoms with E-state index in [4.69, 9.17) is 10.5 Å². The van der Waals surface area contributed by atoms with Gasteiger partial charge in [0.1, 0.15) is 0 Å². The van der Waals surface area contributed by atoms with Gasteiger partial charge in [0.2, 0.25) is 5.95 Å². The van der Waals surface area contributed by atoms with Crippen LogP contribution in [0.5, 0.6) is 5.75 Å². The normalized spacial score (nSPS) is 13.8. The molecule has 0 saturated carbocycles. The number of fused-ring (bicyclic) bond motifs is 1. The van der Waals surface area contributed by atoms with Crippen molar-refractivity contribution in [3.8, 4) is 11.6 Å². The van der Waals surface area contributed by atoms with Gasteiger partial charge < -0.3 is 26.0 Å². The molecule has 0 radical (unpaired) electrons. The molecule has 4 aromatic rings. The van der Waals surface area contributed by atoms with Gasteiger partial charge >= 0.3 is 0 Å². The number of aromatic nitrogens is 3. The molecular formula is C24H25N7O2. The maximum atomic E-state index is 12.0. The first-order valence-corrected chi connectivity index (χ1v) is 10.8. The number of anilines is 3. The van der Waals surface area contributed by atoms with Crippen molar-refractivity contribution in [3.63, 3.8) is 0 Å². The molecule has 0 unspecified atom stereocenters. The maximum absolute atomic E-state index is 12.0. The highest BCUT2D eigenvalue weighted by Crippen LogP contribution is 2.29. The molecule has 9 nitrogen and oxygen atoms in total. The van der Waals surface area contributed by atoms with Gasteiger partial charge in [-0.1, -0.05) is 18.2 Å². The summed E-state index contributed by atoms with van der Waals surface area (Å²) in [5.74, 6) is 0.905. The van der Waals surface area contributed by atoms with Gasteiger partial charge in [-0.3, -0.25) is 9.36 Å². The van der Waals surface area contributed by atoms with E-state index in [0.717, 1.165) is 42.8 Å². The summed E-state index contributed by atoms with van der Waals surface area (Å²) in [6, 6.07) is 15.8. The first kappa shape index (κ1) is 20.8. The molecule has 9 heteroatoms. The van der Waals surface area contributed by atoms with E-state index in [1.807, 2.05) is 36.4 Å². The predicted octanol–water partition coefficient (Wildman–Crippen LogP) is 2.68. The van der Waals surface area contributed by atoms with Crippen molar-refractivity contribution in [1.29, 1.82) is 0 Å². The molecule has 5 rings (SSSR count). The molecular weight excluding hydrogens is 418 g/mol. The van der Waals surface area contributed by atoms with E-state index in [-0.39, 0.29) is 0 Å². The number of nitrogens with zero attached hydrogens (tertiary/aromatic N) is 4. The second-order valence-electron chi connectivity index (χ2n) is 7.79. The van der Waals surface area contributed by atoms with Crippen LogP contribution in [-0.4, -0.2) is 53.7 Å². The van der Waals surface area contributed by atoms with Crippen molar-refractivity contribution in [2.75, 3.05) is 43.5 Å². The molecule has 1 aliphatic heterocycles. The lowest BCUT2D eigenvalue weighted by molar-refractivity contribution is 0.100. The molecule has 0 aliphatic carbocycles. The zero-order valence-corrected chi connectivity index (χ0v) is 18.3. The number of hydrogen-bond acceptors (Lipinski definition) is 7. The number of benzene rings is 2. The molecule has 0 spiro atoms. The molecule has 168 valence electrons. The largest absolute Gasteiger partial charge is 0.491 e. The third kappa shape index (κ3) is 4.06. The van der Waals surface area contributed by atoms with Crippen molar-refractivity contribution >= 4 is 34.1 Å². The molecule has 2 aromatic carbocycles. The smallest absolute Gasteiger partial charge is 0.250 e. The van der Waals surface area contributed by atoms with Crippen LogP contribution >= 0.6 is 0 Å². The fraction of sp³-hybridized carbons (Fsp3) is 0.208. The van der Waals surface area contributed by atoms with Crippen LogP contribution in [0.15, 0.2) is 60.9 Å². The van der Waals surface area contributed by atoms with Crippen LogP contribution in [0.1, 0.15) is 10.4 Å². The van der Waals surface area contributed by atoms with Crippen molar-refractivity contribution < 1.29 is 9.53 Å². The molecule has 1 aliphatic rings. The molecule has 0 bridgehead atoms. The van der Waals surface area contributed by atoms with Crippen molar-refractivity contribution in [2.24, 2.45) is 5.73 Å². The summed E-state index contributed by atoms with van der Waals surface area (Å²) in [6.45, 7) is 3.98. The van der Waals surface area contributed by atoms with Crippen LogP contribution in [0.3, 0.4) is 0 Å². The fourth-order valence-electron chi connectivity index (χ4n) is 4.10. The van der Waals surface area contributed by atoms with Crippen LogP contribution < -0.4 is 26.0 Å². The number of piperazine rings is 1. The van der Waals surface area contributed by atoms with E-state index in [1.165, 1.54) is 5.69 Å². The zero-order chi connectivity index (χ0) is 22.8. The Morgan fingerprint density at radius 2 is 1.88 bits per heavy atom. The lowest BCUT2D eigenvalue weighted by Crippen LogP contribution is -2.43. The van der Waals surface area contributed by atoms with Crippen LogP contribution in [0, 0.1) is 0 Å². The Bertz CT molecular complexity index is 1290. The third-order valence-corrected chi connectivity index (χ3v) is 5.77. The van der Waals surface area contributed by atoms with E-state index in [9.17, 15) is 4.79 Å². The summed E-state index contributed by atoms with van der Waals surface area (Å²) >= 11 is 0. The Labute approximate surface area is 191 Å². The van der Waals surface area contributed by atoms with E-state index in [0.29, 0.717) is 23.1 Å². The summed E-state index contributed by atoms with van der Waals surface area (Å²) in [4.78, 5) is 23.4. The number of ether oxygens (including phenoxy) is 1. The van der Waals surface area contributed by atoms with Crippen molar-refractivity contribution in [3.05, 3.63) is 66.5 Å². The van der Waals surface area contributed by atoms with Gasteiger partial charge in [-0.05, 0) is 30.3 Å². The minimum absolute atomic E-state index is 0.416. The number of para-hydroxylation sites is 1. The summed E-state index contributed by atoms with van der Waals surface area (Å²) in [7, 11) is 1.56. The Morgan fingerprint density at radius 1 is 1.12 bits per heavy atom. The number of methoxy groups -OCH3 is 1. The summed E-state index contributed by atoms with van der Waals surface area (Å²) in [5, 5.41) is 7.38. The molecule has 1 amide bonds. The van der Waals surface area contributed by atoms with Crippen molar-refractivity contribution in [2.45, 2.75) is 0 Å². The minimum atomic E-state index is -0.499. The van der Waals surface area contributed by atoms with Gasteiger partial charge in [0, 0.05) is 49.1 Å². The van der Waals surface area contributed by atoms with Gasteiger partial charge in [0.15, 0.2) is 11.6 Å². The molecule has 33 heavy (non-hydrogen) atoms. The number of primary amides is 1. The third-order valence-electron chi connectivity index (χ3n) is 5.77. The monoisotopic (exact) mass is 443 g/mol. The molecule has 1 fully saturated rings. The molecule has 4 N–H and O–H groups in total. The molecule has 2 aromatic heterocycles. The summed E-state index contributed by atoms with van der Waals surface area (Å²) in [6.07, 6.45) is 3.29. The number of carbonyl (C=O) groups excluding carboxylic acids is 1. The maximum Gasteiger partial charge on any atom is 0.250 e. The SMILES string of the molecule is COc1cnc(Nc2ccc(N3CCNCC3)cc2)nc1-n1cc(C(N)=O)c2ccccc21. The van der Waals surface area contributed by atoms with Gasteiger partial charge in [-0.15, -0.1) is 0 Å². The first-order chi connectivity index (χ1) is 16.1. The minimum Gasteiger partial charge on any atom is -0.491 e. The Kier molecular flexibility index (Phi) is 5.54. The lowest BCUT2D eigenvalue weighted by Gasteiger charge is -2.29. The van der Waals surface area contributed by atoms with Crippen LogP contribution in [0.25, 0.3) is 16.7 Å². The highest BCUT2D eigenvalue weighted by Gasteiger charge is 2.18. The Hall–Kier alpha value is -4.11. The average molecular weight is 444 g/mol. The quantitative estimate of drug-likeness (QED) is 0.420. The van der Waals surface area contributed by atoms with Crippen molar-refractivity contribution in [1.82, 2.24) is 19.9 Å². The fourth-order valence-corrected chi connectivity index (χ4v) is 4.10. The Balaban J connectivity index is 1.47. The number of nitrogens with one attached hydrogen (secondary N) is 2. The second kappa shape index (κ2) is 8.79. The van der Waals surface area contributed by atoms with E-state index in [1.54, 1.807) is 24.1 Å². The first-order valence-electron chi connectivity index (χ1n) is 10.8. The Morgan fingerprint density at radius 3 is 2.61 bits per heavy atom. The summed E-state index contributed by atoms with van der Waals surface area (Å²) < 4.78 is 7.31. The standard InChI is InChI=1S/C24H25N7O2/c1-33-21-14-27-24(28-16-6-8-17(9-7-16)30-12-10-26-11-13-30)29-23(21)31-15-19(22(25)32)18-4-2-3-5-20(18)31/h2-9,14-15,26H,10-13H2,1H3,(H2,25,32)(H,27,28,29). The molecule has 0 atom stereocenters. The van der Waals surface area contributed by atoms with E-state index in [2.05, 4.69) is 37.6 Å². The predicted molar refractivity (Wildman–Crippen MR) is 129 cm³/mol. The number of rotatable bonds is 6. The summed E-state index contributed by atoms with van der Waals surface area (Å²) in [5.41, 5.74) is 8.89. The number of nitrogens with two attached hydrogens (primary N) is 1. The number of amides is 1. The number of carbonyl (C=O) groups is 1.